The number of nitrogens with one attached hydrogen (secondary N) is 2. The number of ketones is 1. The molecule has 0 radical (unpaired) electrons. The number of Topliss-reactive ketones (excluding diaryl/α,β-unsaturated/α-hetero) is 1. The molecule has 1 saturated heterocycles. The van der Waals surface area contributed by atoms with Crippen LogP contribution in [0.4, 0.5) is 11.8 Å². The highest BCUT2D eigenvalue weighted by atomic mass is 16.5. The second kappa shape index (κ2) is 8.33. The Labute approximate surface area is 186 Å². The largest absolute Gasteiger partial charge is 0.493 e. The summed E-state index contributed by atoms with van der Waals surface area (Å²) in [6.07, 6.45) is 5.41. The summed E-state index contributed by atoms with van der Waals surface area (Å²) >= 11 is 0. The van der Waals surface area contributed by atoms with Crippen LogP contribution >= 0.6 is 0 Å². The fraction of sp³-hybridized carbons (Fsp3) is 0.458. The molecule has 0 saturated carbocycles. The summed E-state index contributed by atoms with van der Waals surface area (Å²) in [7, 11) is 3.16. The fourth-order valence-electron chi connectivity index (χ4n) is 5.07. The number of allylic oxidation sites excluding steroid dienone is 2. The van der Waals surface area contributed by atoms with Crippen molar-refractivity contribution in [3.8, 4) is 11.5 Å². The number of rotatable bonds is 4. The van der Waals surface area contributed by atoms with Crippen LogP contribution in [0.1, 0.15) is 55.6 Å². The molecular weight excluding hydrogens is 408 g/mol. The number of anilines is 2. The minimum absolute atomic E-state index is 0.0729. The lowest BCUT2D eigenvalue weighted by Gasteiger charge is -2.34. The number of carbonyl (C=O) groups excluding carboxylic acids is 1. The van der Waals surface area contributed by atoms with Gasteiger partial charge in [-0.15, -0.1) is 0 Å². The smallest absolute Gasteiger partial charge is 0.258 e. The summed E-state index contributed by atoms with van der Waals surface area (Å²) in [5.74, 6) is 1.87. The number of hydrogen-bond donors (Lipinski definition) is 2. The molecule has 1 aromatic carbocycles. The van der Waals surface area contributed by atoms with Crippen LogP contribution in [-0.2, 0) is 4.79 Å². The standard InChI is InChI=1S/C24H28N4O4/c1-31-17-10-9-14(13-18(17)32-2)19-20-15(7-6-8-16(20)29)25-22-21(19)23(30)27-24(26-22)28-11-4-3-5-12-28/h9-10,13,19H,3-8,11-12H2,1-2H3,(H2,25,26,27,30)/t19-/m0/s1. The van der Waals surface area contributed by atoms with Gasteiger partial charge in [-0.3, -0.25) is 14.6 Å². The summed E-state index contributed by atoms with van der Waals surface area (Å²) < 4.78 is 10.9. The van der Waals surface area contributed by atoms with E-state index in [1.807, 2.05) is 18.2 Å². The number of ether oxygens (including phenoxy) is 2. The van der Waals surface area contributed by atoms with E-state index in [1.165, 1.54) is 6.42 Å². The van der Waals surface area contributed by atoms with Gasteiger partial charge in [-0.05, 0) is 49.8 Å². The summed E-state index contributed by atoms with van der Waals surface area (Å²) in [5, 5.41) is 3.35. The first-order chi connectivity index (χ1) is 15.6. The third kappa shape index (κ3) is 3.43. The number of carbonyl (C=O) groups is 1. The number of methoxy groups -OCH3 is 2. The van der Waals surface area contributed by atoms with Gasteiger partial charge in [0.15, 0.2) is 17.3 Å². The Bertz CT molecular complexity index is 1150. The van der Waals surface area contributed by atoms with Crippen LogP contribution in [0.25, 0.3) is 0 Å². The third-order valence-corrected chi connectivity index (χ3v) is 6.64. The first kappa shape index (κ1) is 20.6. The van der Waals surface area contributed by atoms with Crippen LogP contribution in [0.5, 0.6) is 11.5 Å². The highest BCUT2D eigenvalue weighted by Crippen LogP contribution is 2.45. The van der Waals surface area contributed by atoms with Crippen LogP contribution < -0.4 is 25.2 Å². The average Bonchev–Trinajstić information content (AvgIpc) is 2.83. The molecule has 2 N–H and O–H groups in total. The fourth-order valence-corrected chi connectivity index (χ4v) is 5.07. The SMILES string of the molecule is COc1ccc([C@H]2C3=C(CCCC3=O)Nc3nc(N4CCCCC4)[nH]c(=O)c32)cc1OC. The minimum Gasteiger partial charge on any atom is -0.493 e. The number of nitrogens with zero attached hydrogens (tertiary/aromatic N) is 2. The molecule has 8 nitrogen and oxygen atoms in total. The third-order valence-electron chi connectivity index (χ3n) is 6.64. The molecule has 2 aliphatic heterocycles. The van der Waals surface area contributed by atoms with Crippen molar-refractivity contribution in [3.05, 3.63) is 50.9 Å². The van der Waals surface area contributed by atoms with Crippen LogP contribution in [0.3, 0.4) is 0 Å². The molecule has 3 heterocycles. The first-order valence-electron chi connectivity index (χ1n) is 11.2. The van der Waals surface area contributed by atoms with Crippen molar-refractivity contribution in [3.63, 3.8) is 0 Å². The van der Waals surface area contributed by atoms with Crippen molar-refractivity contribution in [2.75, 3.05) is 37.5 Å². The lowest BCUT2D eigenvalue weighted by Crippen LogP contribution is -2.36. The number of piperidine rings is 1. The van der Waals surface area contributed by atoms with E-state index in [9.17, 15) is 9.59 Å². The van der Waals surface area contributed by atoms with E-state index in [1.54, 1.807) is 14.2 Å². The van der Waals surface area contributed by atoms with Crippen molar-refractivity contribution in [2.45, 2.75) is 44.4 Å². The van der Waals surface area contributed by atoms with E-state index < -0.39 is 5.92 Å². The van der Waals surface area contributed by atoms with Crippen molar-refractivity contribution in [1.29, 1.82) is 0 Å². The number of aromatic amines is 1. The van der Waals surface area contributed by atoms with Crippen molar-refractivity contribution in [2.24, 2.45) is 0 Å². The Morgan fingerprint density at radius 3 is 2.53 bits per heavy atom. The topological polar surface area (TPSA) is 96.5 Å². The normalized spacial score (nSPS) is 20.4. The zero-order valence-corrected chi connectivity index (χ0v) is 18.5. The van der Waals surface area contributed by atoms with E-state index in [0.29, 0.717) is 40.8 Å². The molecule has 1 fully saturated rings. The molecule has 5 rings (SSSR count). The zero-order chi connectivity index (χ0) is 22.2. The van der Waals surface area contributed by atoms with Crippen LogP contribution in [0, 0.1) is 0 Å². The molecule has 0 spiro atoms. The summed E-state index contributed by atoms with van der Waals surface area (Å²) in [5.41, 5.74) is 2.61. The second-order valence-electron chi connectivity index (χ2n) is 8.54. The summed E-state index contributed by atoms with van der Waals surface area (Å²) in [6, 6.07) is 5.56. The molecule has 168 valence electrons. The molecule has 0 bridgehead atoms. The van der Waals surface area contributed by atoms with E-state index >= 15 is 0 Å². The molecule has 1 atom stereocenters. The summed E-state index contributed by atoms with van der Waals surface area (Å²) in [4.78, 5) is 36.4. The van der Waals surface area contributed by atoms with Gasteiger partial charge in [-0.25, -0.2) is 0 Å². The van der Waals surface area contributed by atoms with Crippen LogP contribution in [0.15, 0.2) is 34.3 Å². The number of fused-ring (bicyclic) bond motifs is 1. The Morgan fingerprint density at radius 1 is 1.00 bits per heavy atom. The van der Waals surface area contributed by atoms with Crippen LogP contribution in [-0.4, -0.2) is 43.1 Å². The first-order valence-corrected chi connectivity index (χ1v) is 11.2. The van der Waals surface area contributed by atoms with Gasteiger partial charge in [-0.2, -0.15) is 4.98 Å². The Morgan fingerprint density at radius 2 is 1.78 bits per heavy atom. The van der Waals surface area contributed by atoms with Gasteiger partial charge in [0.25, 0.3) is 5.56 Å². The number of hydrogen-bond acceptors (Lipinski definition) is 7. The lowest BCUT2D eigenvalue weighted by molar-refractivity contribution is -0.116. The number of benzene rings is 1. The highest BCUT2D eigenvalue weighted by Gasteiger charge is 2.38. The highest BCUT2D eigenvalue weighted by molar-refractivity contribution is 6.01. The molecule has 0 unspecified atom stereocenters. The van der Waals surface area contributed by atoms with Gasteiger partial charge >= 0.3 is 0 Å². The lowest BCUT2D eigenvalue weighted by atomic mass is 9.76. The molecule has 32 heavy (non-hydrogen) atoms. The average molecular weight is 437 g/mol. The predicted octanol–water partition coefficient (Wildman–Crippen LogP) is 3.34. The molecule has 8 heteroatoms. The van der Waals surface area contributed by atoms with Gasteiger partial charge in [0.1, 0.15) is 5.82 Å². The maximum absolute atomic E-state index is 13.4. The number of aromatic nitrogens is 2. The van der Waals surface area contributed by atoms with E-state index in [2.05, 4.69) is 15.2 Å². The van der Waals surface area contributed by atoms with Gasteiger partial charge in [-0.1, -0.05) is 6.07 Å². The van der Waals surface area contributed by atoms with E-state index in [-0.39, 0.29) is 11.3 Å². The molecule has 1 aliphatic carbocycles. The molecule has 2 aromatic rings. The molecular formula is C24H28N4O4. The zero-order valence-electron chi connectivity index (χ0n) is 18.5. The van der Waals surface area contributed by atoms with E-state index in [0.717, 1.165) is 50.0 Å². The van der Waals surface area contributed by atoms with Gasteiger partial charge < -0.3 is 19.7 Å². The number of H-pyrrole nitrogens is 1. The van der Waals surface area contributed by atoms with Crippen molar-refractivity contribution in [1.82, 2.24) is 9.97 Å². The molecule has 3 aliphatic rings. The summed E-state index contributed by atoms with van der Waals surface area (Å²) in [6.45, 7) is 1.76. The molecule has 0 amide bonds. The Hall–Kier alpha value is -3.29. The monoisotopic (exact) mass is 436 g/mol. The minimum atomic E-state index is -0.500. The Kier molecular flexibility index (Phi) is 5.36. The van der Waals surface area contributed by atoms with Crippen molar-refractivity contribution < 1.29 is 14.3 Å². The van der Waals surface area contributed by atoms with Gasteiger partial charge in [0.2, 0.25) is 5.95 Å². The van der Waals surface area contributed by atoms with E-state index in [4.69, 9.17) is 14.5 Å². The van der Waals surface area contributed by atoms with Crippen LogP contribution in [0.2, 0.25) is 0 Å². The second-order valence-corrected chi connectivity index (χ2v) is 8.54. The Balaban J connectivity index is 1.67. The quantitative estimate of drug-likeness (QED) is 0.759. The van der Waals surface area contributed by atoms with Crippen molar-refractivity contribution >= 4 is 17.5 Å². The van der Waals surface area contributed by atoms with Gasteiger partial charge in [0.05, 0.1) is 19.8 Å². The molecule has 1 aromatic heterocycles. The van der Waals surface area contributed by atoms with Gasteiger partial charge in [0, 0.05) is 36.7 Å². The maximum Gasteiger partial charge on any atom is 0.258 e. The maximum atomic E-state index is 13.4. The predicted molar refractivity (Wildman–Crippen MR) is 122 cm³/mol.